The van der Waals surface area contributed by atoms with E-state index < -0.39 is 0 Å². The Kier molecular flexibility index (Phi) is 5.06. The minimum absolute atomic E-state index is 0.159. The predicted octanol–water partition coefficient (Wildman–Crippen LogP) is 2.48. The molecule has 1 aromatic carbocycles. The van der Waals surface area contributed by atoms with Gasteiger partial charge in [-0.3, -0.25) is 9.69 Å². The standard InChI is InChI=1S/C20H28N2O3/c23-19-14-18(17-4-2-1-3-5-17)22(11-10-21-19)15-16-6-8-20(9-7-16)24-12-13-25-20/h1-5,16,18H,6-15H2,(H,21,23)/t18-/m1/s1. The van der Waals surface area contributed by atoms with Crippen molar-refractivity contribution in [2.75, 3.05) is 32.8 Å². The monoisotopic (exact) mass is 344 g/mol. The summed E-state index contributed by atoms with van der Waals surface area (Å²) in [7, 11) is 0. The molecule has 0 unspecified atom stereocenters. The van der Waals surface area contributed by atoms with Crippen LogP contribution in [0.15, 0.2) is 30.3 Å². The molecule has 25 heavy (non-hydrogen) atoms. The maximum absolute atomic E-state index is 12.1. The highest BCUT2D eigenvalue weighted by molar-refractivity contribution is 5.77. The van der Waals surface area contributed by atoms with Crippen molar-refractivity contribution in [1.29, 1.82) is 0 Å². The zero-order chi connectivity index (χ0) is 17.1. The number of benzene rings is 1. The Morgan fingerprint density at radius 2 is 1.84 bits per heavy atom. The normalized spacial score (nSPS) is 28.0. The summed E-state index contributed by atoms with van der Waals surface area (Å²) in [5.74, 6) is 0.524. The van der Waals surface area contributed by atoms with E-state index in [-0.39, 0.29) is 17.7 Å². The van der Waals surface area contributed by atoms with E-state index in [0.717, 1.165) is 58.5 Å². The second-order valence-electron chi connectivity index (χ2n) is 7.53. The molecule has 1 aliphatic carbocycles. The Balaban J connectivity index is 1.43. The number of ether oxygens (including phenoxy) is 2. The van der Waals surface area contributed by atoms with Gasteiger partial charge in [-0.15, -0.1) is 0 Å². The van der Waals surface area contributed by atoms with Crippen LogP contribution in [0.4, 0.5) is 0 Å². The van der Waals surface area contributed by atoms with Gasteiger partial charge in [0.2, 0.25) is 5.91 Å². The molecular weight excluding hydrogens is 316 g/mol. The van der Waals surface area contributed by atoms with Crippen LogP contribution in [0, 0.1) is 5.92 Å². The van der Waals surface area contributed by atoms with Gasteiger partial charge in [0.15, 0.2) is 5.79 Å². The molecule has 1 amide bonds. The Morgan fingerprint density at radius 3 is 2.56 bits per heavy atom. The van der Waals surface area contributed by atoms with Crippen LogP contribution >= 0.6 is 0 Å². The zero-order valence-electron chi connectivity index (χ0n) is 14.8. The van der Waals surface area contributed by atoms with Gasteiger partial charge in [0.05, 0.1) is 13.2 Å². The molecule has 5 heteroatoms. The van der Waals surface area contributed by atoms with Gasteiger partial charge in [0.1, 0.15) is 0 Å². The first kappa shape index (κ1) is 17.0. The molecule has 136 valence electrons. The fraction of sp³-hybridized carbons (Fsp3) is 0.650. The van der Waals surface area contributed by atoms with Crippen LogP contribution < -0.4 is 5.32 Å². The molecule has 1 spiro atoms. The Hall–Kier alpha value is -1.43. The molecule has 2 saturated heterocycles. The first-order valence-corrected chi connectivity index (χ1v) is 9.58. The van der Waals surface area contributed by atoms with Crippen molar-refractivity contribution in [2.24, 2.45) is 5.92 Å². The summed E-state index contributed by atoms with van der Waals surface area (Å²) in [5.41, 5.74) is 1.24. The number of hydrogen-bond acceptors (Lipinski definition) is 4. The summed E-state index contributed by atoms with van der Waals surface area (Å²) < 4.78 is 11.7. The van der Waals surface area contributed by atoms with Gasteiger partial charge < -0.3 is 14.8 Å². The molecule has 2 heterocycles. The maximum atomic E-state index is 12.1. The SMILES string of the molecule is O=C1C[C@H](c2ccccc2)N(CC2CCC3(CC2)OCCO3)CCN1. The molecule has 1 atom stereocenters. The average Bonchev–Trinajstić information content (AvgIpc) is 3.01. The molecule has 2 aliphatic heterocycles. The van der Waals surface area contributed by atoms with Crippen LogP contribution in [0.5, 0.6) is 0 Å². The molecule has 0 aromatic heterocycles. The third-order valence-corrected chi connectivity index (χ3v) is 5.90. The zero-order valence-corrected chi connectivity index (χ0v) is 14.8. The fourth-order valence-electron chi connectivity index (χ4n) is 4.51. The van der Waals surface area contributed by atoms with E-state index in [1.165, 1.54) is 5.56 Å². The third-order valence-electron chi connectivity index (χ3n) is 5.90. The Labute approximate surface area is 149 Å². The molecule has 3 fully saturated rings. The molecule has 0 bridgehead atoms. The average molecular weight is 344 g/mol. The van der Waals surface area contributed by atoms with E-state index in [2.05, 4.69) is 34.5 Å². The molecule has 4 rings (SSSR count). The summed E-state index contributed by atoms with van der Waals surface area (Å²) in [5, 5.41) is 3.03. The fourth-order valence-corrected chi connectivity index (χ4v) is 4.51. The predicted molar refractivity (Wildman–Crippen MR) is 95.0 cm³/mol. The van der Waals surface area contributed by atoms with E-state index in [1.807, 2.05) is 6.07 Å². The van der Waals surface area contributed by atoms with Crippen molar-refractivity contribution >= 4 is 5.91 Å². The molecule has 1 aromatic rings. The molecule has 1 N–H and O–H groups in total. The molecular formula is C20H28N2O3. The van der Waals surface area contributed by atoms with Crippen LogP contribution in [-0.4, -0.2) is 49.4 Å². The summed E-state index contributed by atoms with van der Waals surface area (Å²) in [6.07, 6.45) is 4.82. The van der Waals surface area contributed by atoms with Crippen molar-refractivity contribution < 1.29 is 14.3 Å². The largest absolute Gasteiger partial charge is 0.355 e. The van der Waals surface area contributed by atoms with Gasteiger partial charge in [-0.25, -0.2) is 0 Å². The number of nitrogens with one attached hydrogen (secondary N) is 1. The highest BCUT2D eigenvalue weighted by Crippen LogP contribution is 2.39. The van der Waals surface area contributed by atoms with Crippen molar-refractivity contribution in [2.45, 2.75) is 43.9 Å². The highest BCUT2D eigenvalue weighted by atomic mass is 16.7. The number of nitrogens with zero attached hydrogens (tertiary/aromatic N) is 1. The number of carbonyl (C=O) groups is 1. The van der Waals surface area contributed by atoms with Crippen molar-refractivity contribution in [3.63, 3.8) is 0 Å². The van der Waals surface area contributed by atoms with Gasteiger partial charge in [-0.1, -0.05) is 30.3 Å². The number of hydrogen-bond donors (Lipinski definition) is 1. The Morgan fingerprint density at radius 1 is 1.12 bits per heavy atom. The number of amides is 1. The molecule has 0 radical (unpaired) electrons. The smallest absolute Gasteiger partial charge is 0.221 e. The van der Waals surface area contributed by atoms with E-state index in [4.69, 9.17) is 9.47 Å². The summed E-state index contributed by atoms with van der Waals surface area (Å²) in [4.78, 5) is 14.6. The van der Waals surface area contributed by atoms with E-state index >= 15 is 0 Å². The minimum atomic E-state index is -0.286. The van der Waals surface area contributed by atoms with Crippen molar-refractivity contribution in [3.05, 3.63) is 35.9 Å². The molecule has 1 saturated carbocycles. The first-order chi connectivity index (χ1) is 12.2. The van der Waals surface area contributed by atoms with Crippen LogP contribution in [0.25, 0.3) is 0 Å². The number of carbonyl (C=O) groups excluding carboxylic acids is 1. The topological polar surface area (TPSA) is 50.8 Å². The van der Waals surface area contributed by atoms with Crippen LogP contribution in [0.3, 0.4) is 0 Å². The van der Waals surface area contributed by atoms with E-state index in [1.54, 1.807) is 0 Å². The van der Waals surface area contributed by atoms with Crippen LogP contribution in [-0.2, 0) is 14.3 Å². The Bertz CT molecular complexity index is 576. The second-order valence-corrected chi connectivity index (χ2v) is 7.53. The van der Waals surface area contributed by atoms with Crippen LogP contribution in [0.1, 0.15) is 43.7 Å². The minimum Gasteiger partial charge on any atom is -0.355 e. The third kappa shape index (κ3) is 3.89. The lowest BCUT2D eigenvalue weighted by molar-refractivity contribution is -0.183. The summed E-state index contributed by atoms with van der Waals surface area (Å²) in [6, 6.07) is 10.6. The van der Waals surface area contributed by atoms with Gasteiger partial charge in [-0.05, 0) is 24.3 Å². The lowest BCUT2D eigenvalue weighted by Crippen LogP contribution is -2.40. The van der Waals surface area contributed by atoms with Gasteiger partial charge in [0.25, 0.3) is 0 Å². The van der Waals surface area contributed by atoms with E-state index in [0.29, 0.717) is 12.3 Å². The number of rotatable bonds is 3. The lowest BCUT2D eigenvalue weighted by atomic mass is 9.84. The van der Waals surface area contributed by atoms with Crippen molar-refractivity contribution in [3.8, 4) is 0 Å². The van der Waals surface area contributed by atoms with Crippen LogP contribution in [0.2, 0.25) is 0 Å². The van der Waals surface area contributed by atoms with Crippen molar-refractivity contribution in [1.82, 2.24) is 10.2 Å². The van der Waals surface area contributed by atoms with Gasteiger partial charge in [-0.2, -0.15) is 0 Å². The highest BCUT2D eigenvalue weighted by Gasteiger charge is 2.41. The van der Waals surface area contributed by atoms with Gasteiger partial charge in [0, 0.05) is 44.9 Å². The first-order valence-electron chi connectivity index (χ1n) is 9.58. The molecule has 3 aliphatic rings. The second kappa shape index (κ2) is 7.44. The summed E-state index contributed by atoms with van der Waals surface area (Å²) in [6.45, 7) is 4.18. The maximum Gasteiger partial charge on any atom is 0.221 e. The van der Waals surface area contributed by atoms with E-state index in [9.17, 15) is 4.79 Å². The lowest BCUT2D eigenvalue weighted by Gasteiger charge is -2.39. The van der Waals surface area contributed by atoms with Gasteiger partial charge >= 0.3 is 0 Å². The molecule has 5 nitrogen and oxygen atoms in total. The summed E-state index contributed by atoms with van der Waals surface area (Å²) >= 11 is 0. The quantitative estimate of drug-likeness (QED) is 0.915.